The zero-order valence-electron chi connectivity index (χ0n) is 10.4. The van der Waals surface area contributed by atoms with Gasteiger partial charge in [0.05, 0.1) is 4.90 Å². The second-order valence-corrected chi connectivity index (χ2v) is 7.64. The third-order valence-corrected chi connectivity index (χ3v) is 5.52. The Morgan fingerprint density at radius 1 is 1.05 bits per heavy atom. The van der Waals surface area contributed by atoms with Crippen molar-refractivity contribution in [3.8, 4) is 0 Å². The maximum atomic E-state index is 13.5. The molecule has 0 spiro atoms. The minimum Gasteiger partial charge on any atom is -0.207 e. The standard InChI is InChI=1S/C13H9Br2F2NO2S/c14-9-1-4-13(11(15)6-9)21(19,20)18-7-8-5-10(16)2-3-12(8)17/h1-6,18H,7H2. The van der Waals surface area contributed by atoms with Crippen molar-refractivity contribution >= 4 is 41.9 Å². The highest BCUT2D eigenvalue weighted by atomic mass is 79.9. The molecule has 0 bridgehead atoms. The molecule has 0 saturated heterocycles. The second kappa shape index (κ2) is 6.51. The number of nitrogens with one attached hydrogen (secondary N) is 1. The first-order valence-electron chi connectivity index (χ1n) is 5.68. The molecule has 0 aliphatic heterocycles. The third-order valence-electron chi connectivity index (χ3n) is 2.64. The average Bonchev–Trinajstić information content (AvgIpc) is 2.39. The van der Waals surface area contributed by atoms with E-state index in [-0.39, 0.29) is 17.0 Å². The molecule has 3 nitrogen and oxygen atoms in total. The van der Waals surface area contributed by atoms with E-state index in [0.717, 1.165) is 18.2 Å². The van der Waals surface area contributed by atoms with Gasteiger partial charge in [0.25, 0.3) is 0 Å². The summed E-state index contributed by atoms with van der Waals surface area (Å²) < 4.78 is 54.1. The van der Waals surface area contributed by atoms with Gasteiger partial charge in [0.1, 0.15) is 11.6 Å². The van der Waals surface area contributed by atoms with Gasteiger partial charge in [0.2, 0.25) is 10.0 Å². The van der Waals surface area contributed by atoms with E-state index < -0.39 is 21.7 Å². The molecular weight excluding hydrogens is 432 g/mol. The number of sulfonamides is 1. The molecular formula is C13H9Br2F2NO2S. The van der Waals surface area contributed by atoms with Crippen molar-refractivity contribution in [2.24, 2.45) is 0 Å². The molecule has 0 unspecified atom stereocenters. The summed E-state index contributed by atoms with van der Waals surface area (Å²) in [5.41, 5.74) is -0.0631. The highest BCUT2D eigenvalue weighted by Gasteiger charge is 2.18. The lowest BCUT2D eigenvalue weighted by Gasteiger charge is -2.09. The average molecular weight is 441 g/mol. The number of rotatable bonds is 4. The first-order valence-corrected chi connectivity index (χ1v) is 8.75. The Bertz CT molecular complexity index is 782. The van der Waals surface area contributed by atoms with Crippen LogP contribution in [0.2, 0.25) is 0 Å². The van der Waals surface area contributed by atoms with Crippen LogP contribution in [-0.2, 0) is 16.6 Å². The maximum absolute atomic E-state index is 13.5. The van der Waals surface area contributed by atoms with Crippen molar-refractivity contribution < 1.29 is 17.2 Å². The molecule has 0 fully saturated rings. The highest BCUT2D eigenvalue weighted by Crippen LogP contribution is 2.25. The summed E-state index contributed by atoms with van der Waals surface area (Å²) in [5, 5.41) is 0. The van der Waals surface area contributed by atoms with Gasteiger partial charge >= 0.3 is 0 Å². The topological polar surface area (TPSA) is 46.2 Å². The van der Waals surface area contributed by atoms with Gasteiger partial charge in [0, 0.05) is 21.1 Å². The Kier molecular flexibility index (Phi) is 5.13. The Morgan fingerprint density at radius 2 is 1.76 bits per heavy atom. The minimum absolute atomic E-state index is 0.0162. The normalized spacial score (nSPS) is 11.6. The molecule has 0 saturated carbocycles. The molecule has 0 heterocycles. The molecule has 8 heteroatoms. The van der Waals surface area contributed by atoms with E-state index >= 15 is 0 Å². The van der Waals surface area contributed by atoms with Gasteiger partial charge in [-0.3, -0.25) is 0 Å². The fourth-order valence-electron chi connectivity index (χ4n) is 1.62. The zero-order chi connectivity index (χ0) is 15.6. The van der Waals surface area contributed by atoms with Crippen molar-refractivity contribution in [1.29, 1.82) is 0 Å². The summed E-state index contributed by atoms with van der Waals surface area (Å²) in [6.45, 7) is -0.339. The van der Waals surface area contributed by atoms with E-state index in [9.17, 15) is 17.2 Å². The molecule has 0 aliphatic rings. The van der Waals surface area contributed by atoms with Gasteiger partial charge in [0.15, 0.2) is 0 Å². The molecule has 2 aromatic rings. The van der Waals surface area contributed by atoms with Crippen molar-refractivity contribution in [3.63, 3.8) is 0 Å². The van der Waals surface area contributed by atoms with Crippen LogP contribution >= 0.6 is 31.9 Å². The van der Waals surface area contributed by atoms with Gasteiger partial charge < -0.3 is 0 Å². The van der Waals surface area contributed by atoms with Crippen LogP contribution in [0, 0.1) is 11.6 Å². The summed E-state index contributed by atoms with van der Waals surface area (Å²) >= 11 is 6.37. The van der Waals surface area contributed by atoms with Crippen LogP contribution in [-0.4, -0.2) is 8.42 Å². The van der Waals surface area contributed by atoms with Crippen LogP contribution in [0.4, 0.5) is 8.78 Å². The van der Waals surface area contributed by atoms with E-state index in [2.05, 4.69) is 36.6 Å². The first kappa shape index (κ1) is 16.5. The van der Waals surface area contributed by atoms with Crippen LogP contribution in [0.15, 0.2) is 50.2 Å². The molecule has 0 aliphatic carbocycles. The molecule has 1 N–H and O–H groups in total. The summed E-state index contributed by atoms with van der Waals surface area (Å²) in [4.78, 5) is 0.0162. The SMILES string of the molecule is O=S(=O)(NCc1cc(F)ccc1F)c1ccc(Br)cc1Br. The molecule has 112 valence electrons. The van der Waals surface area contributed by atoms with Gasteiger partial charge in [-0.15, -0.1) is 0 Å². The zero-order valence-corrected chi connectivity index (χ0v) is 14.4. The lowest BCUT2D eigenvalue weighted by Crippen LogP contribution is -2.24. The van der Waals surface area contributed by atoms with Gasteiger partial charge in [-0.2, -0.15) is 0 Å². The van der Waals surface area contributed by atoms with Crippen molar-refractivity contribution in [2.45, 2.75) is 11.4 Å². The quantitative estimate of drug-likeness (QED) is 0.781. The fourth-order valence-corrected chi connectivity index (χ4v) is 4.37. The molecule has 0 amide bonds. The fraction of sp³-hybridized carbons (Fsp3) is 0.0769. The maximum Gasteiger partial charge on any atom is 0.241 e. The van der Waals surface area contributed by atoms with Gasteiger partial charge in [-0.25, -0.2) is 21.9 Å². The predicted molar refractivity (Wildman–Crippen MR) is 82.2 cm³/mol. The van der Waals surface area contributed by atoms with E-state index in [4.69, 9.17) is 0 Å². The first-order chi connectivity index (χ1) is 9.79. The van der Waals surface area contributed by atoms with Crippen LogP contribution < -0.4 is 4.72 Å². The molecule has 2 rings (SSSR count). The van der Waals surface area contributed by atoms with Gasteiger partial charge in [-0.05, 0) is 52.3 Å². The Balaban J connectivity index is 2.24. The predicted octanol–water partition coefficient (Wildman–Crippen LogP) is 3.97. The molecule has 2 aromatic carbocycles. The van der Waals surface area contributed by atoms with Gasteiger partial charge in [-0.1, -0.05) is 15.9 Å². The van der Waals surface area contributed by atoms with Crippen LogP contribution in [0.25, 0.3) is 0 Å². The Morgan fingerprint density at radius 3 is 2.43 bits per heavy atom. The smallest absolute Gasteiger partial charge is 0.207 e. The summed E-state index contributed by atoms with van der Waals surface area (Å²) in [6.07, 6.45) is 0. The summed E-state index contributed by atoms with van der Waals surface area (Å²) in [5.74, 6) is -1.30. The van der Waals surface area contributed by atoms with Crippen LogP contribution in [0.1, 0.15) is 5.56 Å². The van der Waals surface area contributed by atoms with Crippen LogP contribution in [0.3, 0.4) is 0 Å². The minimum atomic E-state index is -3.84. The number of hydrogen-bond acceptors (Lipinski definition) is 2. The summed E-state index contributed by atoms with van der Waals surface area (Å²) in [7, 11) is -3.84. The largest absolute Gasteiger partial charge is 0.241 e. The lowest BCUT2D eigenvalue weighted by atomic mass is 10.2. The summed E-state index contributed by atoms with van der Waals surface area (Å²) in [6, 6.07) is 7.43. The lowest BCUT2D eigenvalue weighted by molar-refractivity contribution is 0.566. The Hall–Kier alpha value is -0.830. The number of halogens is 4. The number of benzene rings is 2. The van der Waals surface area contributed by atoms with Crippen molar-refractivity contribution in [2.75, 3.05) is 0 Å². The molecule has 0 aromatic heterocycles. The van der Waals surface area contributed by atoms with E-state index in [1.165, 1.54) is 6.07 Å². The number of hydrogen-bond donors (Lipinski definition) is 1. The Labute approximate surface area is 137 Å². The van der Waals surface area contributed by atoms with Crippen LogP contribution in [0.5, 0.6) is 0 Å². The van der Waals surface area contributed by atoms with E-state index in [1.807, 2.05) is 0 Å². The van der Waals surface area contributed by atoms with E-state index in [0.29, 0.717) is 8.95 Å². The van der Waals surface area contributed by atoms with E-state index in [1.54, 1.807) is 12.1 Å². The van der Waals surface area contributed by atoms with Crippen molar-refractivity contribution in [3.05, 3.63) is 62.5 Å². The third kappa shape index (κ3) is 4.09. The highest BCUT2D eigenvalue weighted by molar-refractivity contribution is 9.11. The molecule has 21 heavy (non-hydrogen) atoms. The second-order valence-electron chi connectivity index (χ2n) is 4.14. The molecule has 0 atom stereocenters. The monoisotopic (exact) mass is 439 g/mol. The van der Waals surface area contributed by atoms with Crippen molar-refractivity contribution in [1.82, 2.24) is 4.72 Å². The molecule has 0 radical (unpaired) electrons.